The predicted octanol–water partition coefficient (Wildman–Crippen LogP) is 6.80. The number of carbonyl (C=O) groups is 1. The van der Waals surface area contributed by atoms with Crippen molar-refractivity contribution in [1.29, 1.82) is 0 Å². The van der Waals surface area contributed by atoms with Crippen LogP contribution >= 0.6 is 0 Å². The first-order valence-electron chi connectivity index (χ1n) is 12.4. The second-order valence-electron chi connectivity index (χ2n) is 9.69. The molecule has 0 bridgehead atoms. The van der Waals surface area contributed by atoms with E-state index in [1.807, 2.05) is 18.2 Å². The van der Waals surface area contributed by atoms with E-state index in [0.29, 0.717) is 34.3 Å². The molecule has 0 spiro atoms. The number of nitrogens with one attached hydrogen (secondary N) is 1. The molecule has 0 unspecified atom stereocenters. The Bertz CT molecular complexity index is 1250. The van der Waals surface area contributed by atoms with Crippen LogP contribution in [0.15, 0.2) is 60.7 Å². The molecule has 0 atom stereocenters. The van der Waals surface area contributed by atoms with Gasteiger partial charge in [0, 0.05) is 28.5 Å². The molecular weight excluding hydrogens is 479 g/mol. The summed E-state index contributed by atoms with van der Waals surface area (Å²) in [5.41, 5.74) is 8.42. The van der Waals surface area contributed by atoms with Crippen LogP contribution in [0.25, 0.3) is 11.1 Å². The van der Waals surface area contributed by atoms with E-state index in [1.54, 1.807) is 31.4 Å². The van der Waals surface area contributed by atoms with E-state index in [9.17, 15) is 18.0 Å². The van der Waals surface area contributed by atoms with Crippen molar-refractivity contribution in [2.75, 3.05) is 31.2 Å². The summed E-state index contributed by atoms with van der Waals surface area (Å²) in [5.74, 6) is 0.896. The lowest BCUT2D eigenvalue weighted by Gasteiger charge is -2.35. The number of nitrogens with zero attached hydrogens (tertiary/aromatic N) is 1. The molecule has 37 heavy (non-hydrogen) atoms. The molecule has 5 nitrogen and oxygen atoms in total. The van der Waals surface area contributed by atoms with E-state index in [4.69, 9.17) is 10.5 Å². The number of nitrogens with two attached hydrogens (primary N) is 1. The summed E-state index contributed by atoms with van der Waals surface area (Å²) in [5, 5.41) is 2.96. The fraction of sp³-hybridized carbons (Fsp3) is 0.345. The maximum atomic E-state index is 12.9. The molecule has 0 saturated carbocycles. The minimum absolute atomic E-state index is 0.0250. The SMILES string of the molecule is COc1ccc(NC(=O)c2ccc(-c3ccc(C(F)(F)F)cc3N)cc2)cc1C1CCN(C(C)C)CC1. The summed E-state index contributed by atoms with van der Waals surface area (Å²) in [7, 11) is 1.66. The maximum Gasteiger partial charge on any atom is 0.416 e. The number of hydrogen-bond acceptors (Lipinski definition) is 4. The lowest BCUT2D eigenvalue weighted by atomic mass is 9.88. The van der Waals surface area contributed by atoms with Crippen molar-refractivity contribution in [1.82, 2.24) is 4.90 Å². The molecule has 8 heteroatoms. The Morgan fingerprint density at radius 2 is 1.70 bits per heavy atom. The minimum atomic E-state index is -4.46. The first kappa shape index (κ1) is 26.5. The third kappa shape index (κ3) is 6.07. The van der Waals surface area contributed by atoms with Crippen molar-refractivity contribution >= 4 is 17.3 Å². The van der Waals surface area contributed by atoms with Gasteiger partial charge in [-0.1, -0.05) is 18.2 Å². The summed E-state index contributed by atoms with van der Waals surface area (Å²) in [6, 6.07) is 16.1. The first-order chi connectivity index (χ1) is 17.6. The van der Waals surface area contributed by atoms with Gasteiger partial charge in [-0.15, -0.1) is 0 Å². The summed E-state index contributed by atoms with van der Waals surface area (Å²) in [4.78, 5) is 15.4. The molecule has 1 saturated heterocycles. The van der Waals surface area contributed by atoms with E-state index < -0.39 is 11.7 Å². The van der Waals surface area contributed by atoms with Gasteiger partial charge in [0.05, 0.1) is 12.7 Å². The first-order valence-corrected chi connectivity index (χ1v) is 12.4. The predicted molar refractivity (Wildman–Crippen MR) is 141 cm³/mol. The smallest absolute Gasteiger partial charge is 0.416 e. The molecule has 1 aliphatic heterocycles. The number of amides is 1. The molecule has 4 rings (SSSR count). The highest BCUT2D eigenvalue weighted by Crippen LogP contribution is 2.37. The number of piperidine rings is 1. The van der Waals surface area contributed by atoms with Crippen LogP contribution in [-0.4, -0.2) is 37.0 Å². The van der Waals surface area contributed by atoms with Crippen LogP contribution in [0.3, 0.4) is 0 Å². The van der Waals surface area contributed by atoms with Crippen LogP contribution in [0, 0.1) is 0 Å². The Morgan fingerprint density at radius 1 is 1.03 bits per heavy atom. The third-order valence-corrected chi connectivity index (χ3v) is 7.02. The molecular formula is C29H32F3N3O2. The summed E-state index contributed by atoms with van der Waals surface area (Å²) in [6.07, 6.45) is -2.40. The standard InChI is InChI=1S/C29H32F3N3O2/c1-18(2)35-14-12-20(13-15-35)25-17-23(9-11-27(25)37-3)34-28(36)21-6-4-19(5-7-21)24-10-8-22(16-26(24)33)29(30,31)32/h4-11,16-18,20H,12-15,33H2,1-3H3,(H,34,36). The van der Waals surface area contributed by atoms with Crippen molar-refractivity contribution in [3.63, 3.8) is 0 Å². The monoisotopic (exact) mass is 511 g/mol. The molecule has 3 aromatic carbocycles. The van der Waals surface area contributed by atoms with Crippen LogP contribution in [0.4, 0.5) is 24.5 Å². The number of anilines is 2. The molecule has 0 aliphatic carbocycles. The van der Waals surface area contributed by atoms with Crippen LogP contribution in [-0.2, 0) is 6.18 Å². The minimum Gasteiger partial charge on any atom is -0.496 e. The van der Waals surface area contributed by atoms with Gasteiger partial charge < -0.3 is 20.7 Å². The van der Waals surface area contributed by atoms with Crippen molar-refractivity contribution in [3.05, 3.63) is 77.4 Å². The fourth-order valence-electron chi connectivity index (χ4n) is 4.86. The highest BCUT2D eigenvalue weighted by Gasteiger charge is 2.31. The molecule has 196 valence electrons. The molecule has 1 heterocycles. The highest BCUT2D eigenvalue weighted by atomic mass is 19.4. The average molecular weight is 512 g/mol. The zero-order chi connectivity index (χ0) is 26.7. The van der Waals surface area contributed by atoms with E-state index in [2.05, 4.69) is 24.1 Å². The Hall–Kier alpha value is -3.52. The van der Waals surface area contributed by atoms with Crippen molar-refractivity contribution in [3.8, 4) is 16.9 Å². The Kier molecular flexibility index (Phi) is 7.78. The van der Waals surface area contributed by atoms with Gasteiger partial charge in [-0.2, -0.15) is 13.2 Å². The van der Waals surface area contributed by atoms with Crippen molar-refractivity contribution in [2.24, 2.45) is 0 Å². The maximum absolute atomic E-state index is 12.9. The van der Waals surface area contributed by atoms with Gasteiger partial charge in [0.1, 0.15) is 5.75 Å². The van der Waals surface area contributed by atoms with E-state index >= 15 is 0 Å². The normalized spacial score (nSPS) is 15.1. The number of nitrogen functional groups attached to an aromatic ring is 1. The van der Waals surface area contributed by atoms with Gasteiger partial charge in [-0.25, -0.2) is 0 Å². The number of methoxy groups -OCH3 is 1. The number of halogens is 3. The largest absolute Gasteiger partial charge is 0.496 e. The number of benzene rings is 3. The Balaban J connectivity index is 1.48. The van der Waals surface area contributed by atoms with Crippen molar-refractivity contribution in [2.45, 2.75) is 44.8 Å². The van der Waals surface area contributed by atoms with E-state index in [1.165, 1.54) is 6.07 Å². The molecule has 0 aromatic heterocycles. The van der Waals surface area contributed by atoms with Crippen LogP contribution in [0.1, 0.15) is 54.1 Å². The van der Waals surface area contributed by atoms with Gasteiger partial charge in [-0.3, -0.25) is 4.79 Å². The van der Waals surface area contributed by atoms with Gasteiger partial charge in [-0.05, 0) is 99.3 Å². The zero-order valence-electron chi connectivity index (χ0n) is 21.2. The van der Waals surface area contributed by atoms with E-state index in [-0.39, 0.29) is 11.6 Å². The zero-order valence-corrected chi connectivity index (χ0v) is 21.2. The van der Waals surface area contributed by atoms with Gasteiger partial charge in [0.25, 0.3) is 5.91 Å². The topological polar surface area (TPSA) is 67.6 Å². The Labute approximate surface area is 215 Å². The second-order valence-corrected chi connectivity index (χ2v) is 9.69. The number of alkyl halides is 3. The van der Waals surface area contributed by atoms with Gasteiger partial charge >= 0.3 is 6.18 Å². The molecule has 3 N–H and O–H groups in total. The number of rotatable bonds is 6. The van der Waals surface area contributed by atoms with Gasteiger partial charge in [0.2, 0.25) is 0 Å². The quantitative estimate of drug-likeness (QED) is 0.357. The highest BCUT2D eigenvalue weighted by molar-refractivity contribution is 6.04. The van der Waals surface area contributed by atoms with Crippen LogP contribution in [0.2, 0.25) is 0 Å². The van der Waals surface area contributed by atoms with E-state index in [0.717, 1.165) is 49.4 Å². The lowest BCUT2D eigenvalue weighted by Crippen LogP contribution is -2.37. The molecule has 0 radical (unpaired) electrons. The fourth-order valence-corrected chi connectivity index (χ4v) is 4.86. The third-order valence-electron chi connectivity index (χ3n) is 7.02. The molecule has 1 aliphatic rings. The lowest BCUT2D eigenvalue weighted by molar-refractivity contribution is -0.137. The van der Waals surface area contributed by atoms with Crippen molar-refractivity contribution < 1.29 is 22.7 Å². The molecule has 3 aromatic rings. The van der Waals surface area contributed by atoms with Gasteiger partial charge in [0.15, 0.2) is 0 Å². The molecule has 1 amide bonds. The number of likely N-dealkylation sites (tertiary alicyclic amines) is 1. The summed E-state index contributed by atoms with van der Waals surface area (Å²) < 4.78 is 44.4. The number of hydrogen-bond donors (Lipinski definition) is 2. The average Bonchev–Trinajstić information content (AvgIpc) is 2.88. The van der Waals surface area contributed by atoms with Crippen LogP contribution < -0.4 is 15.8 Å². The Morgan fingerprint density at radius 3 is 2.27 bits per heavy atom. The summed E-state index contributed by atoms with van der Waals surface area (Å²) >= 11 is 0. The van der Waals surface area contributed by atoms with Crippen LogP contribution in [0.5, 0.6) is 5.75 Å². The summed E-state index contributed by atoms with van der Waals surface area (Å²) in [6.45, 7) is 6.47. The number of ether oxygens (including phenoxy) is 1. The second kappa shape index (κ2) is 10.8. The number of carbonyl (C=O) groups excluding carboxylic acids is 1. The molecule has 1 fully saturated rings.